The lowest BCUT2D eigenvalue weighted by molar-refractivity contribution is -0.120. The van der Waals surface area contributed by atoms with Crippen LogP contribution in [0.15, 0.2) is 34.2 Å². The molecule has 130 valence electrons. The molecule has 1 heterocycles. The number of benzene rings is 1. The monoisotopic (exact) mass is 352 g/mol. The first-order valence-electron chi connectivity index (χ1n) is 7.85. The second-order valence-electron chi connectivity index (χ2n) is 5.39. The molecule has 24 heavy (non-hydrogen) atoms. The highest BCUT2D eigenvalue weighted by Crippen LogP contribution is 2.20. The Hall–Kier alpha value is -2.09. The summed E-state index contributed by atoms with van der Waals surface area (Å²) in [7, 11) is 0. The van der Waals surface area contributed by atoms with E-state index in [2.05, 4.69) is 15.5 Å². The highest BCUT2D eigenvalue weighted by Gasteiger charge is 2.18. The lowest BCUT2D eigenvalue weighted by Gasteiger charge is -2.12. The summed E-state index contributed by atoms with van der Waals surface area (Å²) in [6.45, 7) is 4.78. The van der Waals surface area contributed by atoms with Crippen LogP contribution in [-0.4, -0.2) is 32.5 Å². The summed E-state index contributed by atoms with van der Waals surface area (Å²) >= 11 is 1.25. The summed E-state index contributed by atoms with van der Waals surface area (Å²) in [5.74, 6) is -0.398. The van der Waals surface area contributed by atoms with Crippen LogP contribution in [0.4, 0.5) is 4.39 Å². The minimum Gasteiger partial charge on any atom is -0.355 e. The summed E-state index contributed by atoms with van der Waals surface area (Å²) in [5, 5.41) is 9.37. The lowest BCUT2D eigenvalue weighted by Crippen LogP contribution is -2.32. The van der Waals surface area contributed by atoms with Gasteiger partial charge >= 0.3 is 5.69 Å². The highest BCUT2D eigenvalue weighted by molar-refractivity contribution is 8.00. The molecular weight excluding hydrogens is 331 g/mol. The molecule has 0 saturated carbocycles. The van der Waals surface area contributed by atoms with E-state index in [4.69, 9.17) is 0 Å². The van der Waals surface area contributed by atoms with Gasteiger partial charge in [-0.1, -0.05) is 30.8 Å². The first kappa shape index (κ1) is 18.3. The molecule has 1 aromatic heterocycles. The number of hydrogen-bond acceptors (Lipinski definition) is 4. The van der Waals surface area contributed by atoms with E-state index < -0.39 is 0 Å². The third-order valence-corrected chi connectivity index (χ3v) is 4.54. The molecule has 2 aromatic rings. The Morgan fingerprint density at radius 2 is 2.12 bits per heavy atom. The number of nitrogens with zero attached hydrogens (tertiary/aromatic N) is 2. The summed E-state index contributed by atoms with van der Waals surface area (Å²) < 4.78 is 14.4. The van der Waals surface area contributed by atoms with Crippen LogP contribution in [0.2, 0.25) is 0 Å². The van der Waals surface area contributed by atoms with Gasteiger partial charge in [-0.05, 0) is 37.5 Å². The zero-order valence-corrected chi connectivity index (χ0v) is 14.5. The van der Waals surface area contributed by atoms with E-state index in [0.717, 1.165) is 12.0 Å². The van der Waals surface area contributed by atoms with Crippen molar-refractivity contribution in [3.63, 3.8) is 0 Å². The van der Waals surface area contributed by atoms with Crippen molar-refractivity contribution in [1.82, 2.24) is 20.1 Å². The van der Waals surface area contributed by atoms with Crippen LogP contribution >= 0.6 is 11.8 Å². The third kappa shape index (κ3) is 4.95. The smallest absolute Gasteiger partial charge is 0.343 e. The molecule has 0 aliphatic heterocycles. The van der Waals surface area contributed by atoms with Crippen LogP contribution in [0.1, 0.15) is 25.8 Å². The zero-order valence-electron chi connectivity index (χ0n) is 13.7. The molecule has 1 amide bonds. The van der Waals surface area contributed by atoms with Gasteiger partial charge < -0.3 is 5.32 Å². The van der Waals surface area contributed by atoms with Gasteiger partial charge in [-0.2, -0.15) is 0 Å². The van der Waals surface area contributed by atoms with Crippen LogP contribution in [0.5, 0.6) is 0 Å². The van der Waals surface area contributed by atoms with E-state index in [1.165, 1.54) is 28.5 Å². The van der Waals surface area contributed by atoms with E-state index in [0.29, 0.717) is 24.7 Å². The summed E-state index contributed by atoms with van der Waals surface area (Å²) in [6.07, 6.45) is 1.44. The number of aromatic nitrogens is 3. The molecule has 0 aliphatic rings. The minimum atomic E-state index is -0.371. The van der Waals surface area contributed by atoms with Gasteiger partial charge in [0.05, 0.1) is 5.25 Å². The Kier molecular flexibility index (Phi) is 6.60. The number of H-pyrrole nitrogens is 1. The molecule has 2 rings (SSSR count). The van der Waals surface area contributed by atoms with Crippen molar-refractivity contribution in [3.05, 3.63) is 46.1 Å². The topological polar surface area (TPSA) is 79.8 Å². The second-order valence-corrected chi connectivity index (χ2v) is 6.70. The molecule has 0 bridgehead atoms. The fraction of sp³-hybridized carbons (Fsp3) is 0.438. The van der Waals surface area contributed by atoms with Gasteiger partial charge in [-0.25, -0.2) is 14.3 Å². The first-order valence-corrected chi connectivity index (χ1v) is 8.73. The van der Waals surface area contributed by atoms with E-state index in [-0.39, 0.29) is 22.7 Å². The molecule has 0 fully saturated rings. The quantitative estimate of drug-likeness (QED) is 0.712. The van der Waals surface area contributed by atoms with Gasteiger partial charge in [0.15, 0.2) is 5.16 Å². The second kappa shape index (κ2) is 8.68. The molecule has 1 atom stereocenters. The van der Waals surface area contributed by atoms with Crippen LogP contribution in [0.25, 0.3) is 0 Å². The van der Waals surface area contributed by atoms with E-state index in [1.54, 1.807) is 19.1 Å². The molecule has 0 unspecified atom stereocenters. The molecule has 1 aromatic carbocycles. The van der Waals surface area contributed by atoms with Crippen LogP contribution in [0, 0.1) is 5.82 Å². The van der Waals surface area contributed by atoms with Crippen molar-refractivity contribution in [2.75, 3.05) is 6.54 Å². The number of thioether (sulfide) groups is 1. The number of hydrogen-bond donors (Lipinski definition) is 2. The molecule has 2 N–H and O–H groups in total. The molecule has 0 saturated heterocycles. The Bertz CT molecular complexity index is 726. The number of carbonyl (C=O) groups excluding carboxylic acids is 1. The molecular formula is C16H21FN4O2S. The standard InChI is InChI=1S/C16H21FN4O2S/c1-3-10-21-15(23)19-20-16(21)24-11(2)14(22)18-9-8-12-4-6-13(17)7-5-12/h4-7,11H,3,8-10H2,1-2H3,(H,18,22)(H,19,23)/t11-/m1/s1. The van der Waals surface area contributed by atoms with E-state index in [1.807, 2.05) is 6.92 Å². The van der Waals surface area contributed by atoms with Crippen molar-refractivity contribution in [3.8, 4) is 0 Å². The minimum absolute atomic E-state index is 0.124. The molecule has 0 spiro atoms. The Labute approximate surface area is 143 Å². The first-order chi connectivity index (χ1) is 11.5. The predicted octanol–water partition coefficient (Wildman–Crippen LogP) is 1.96. The largest absolute Gasteiger partial charge is 0.355 e. The van der Waals surface area contributed by atoms with Gasteiger partial charge in [-0.3, -0.25) is 9.36 Å². The molecule has 6 nitrogen and oxygen atoms in total. The average molecular weight is 352 g/mol. The normalized spacial score (nSPS) is 12.1. The SMILES string of the molecule is CCCn1c(S[C@H](C)C(=O)NCCc2ccc(F)cc2)n[nH]c1=O. The average Bonchev–Trinajstić information content (AvgIpc) is 2.90. The van der Waals surface area contributed by atoms with Crippen molar-refractivity contribution in [2.24, 2.45) is 0 Å². The Morgan fingerprint density at radius 1 is 1.42 bits per heavy atom. The van der Waals surface area contributed by atoms with Crippen LogP contribution < -0.4 is 11.0 Å². The van der Waals surface area contributed by atoms with Gasteiger partial charge in [0.1, 0.15) is 5.82 Å². The lowest BCUT2D eigenvalue weighted by atomic mass is 10.1. The fourth-order valence-electron chi connectivity index (χ4n) is 2.15. The fourth-order valence-corrected chi connectivity index (χ4v) is 3.06. The maximum absolute atomic E-state index is 12.8. The Balaban J connectivity index is 1.84. The van der Waals surface area contributed by atoms with Crippen LogP contribution in [0.3, 0.4) is 0 Å². The third-order valence-electron chi connectivity index (χ3n) is 3.45. The maximum atomic E-state index is 12.8. The zero-order chi connectivity index (χ0) is 17.5. The molecule has 0 radical (unpaired) electrons. The summed E-state index contributed by atoms with van der Waals surface area (Å²) in [6, 6.07) is 6.21. The van der Waals surface area contributed by atoms with Crippen LogP contribution in [-0.2, 0) is 17.8 Å². The highest BCUT2D eigenvalue weighted by atomic mass is 32.2. The van der Waals surface area contributed by atoms with E-state index >= 15 is 0 Å². The maximum Gasteiger partial charge on any atom is 0.343 e. The van der Waals surface area contributed by atoms with Gasteiger partial charge in [0.2, 0.25) is 5.91 Å². The van der Waals surface area contributed by atoms with Gasteiger partial charge in [-0.15, -0.1) is 5.10 Å². The number of halogens is 1. The van der Waals surface area contributed by atoms with Gasteiger partial charge in [0, 0.05) is 13.1 Å². The number of amides is 1. The number of aromatic amines is 1. The van der Waals surface area contributed by atoms with Crippen molar-refractivity contribution in [1.29, 1.82) is 0 Å². The predicted molar refractivity (Wildman–Crippen MR) is 91.6 cm³/mol. The van der Waals surface area contributed by atoms with Crippen molar-refractivity contribution < 1.29 is 9.18 Å². The Morgan fingerprint density at radius 3 is 2.79 bits per heavy atom. The molecule has 8 heteroatoms. The summed E-state index contributed by atoms with van der Waals surface area (Å²) in [5.41, 5.74) is 0.698. The number of carbonyl (C=O) groups is 1. The summed E-state index contributed by atoms with van der Waals surface area (Å²) in [4.78, 5) is 23.8. The van der Waals surface area contributed by atoms with Crippen molar-refractivity contribution in [2.45, 2.75) is 43.6 Å². The van der Waals surface area contributed by atoms with Crippen molar-refractivity contribution >= 4 is 17.7 Å². The van der Waals surface area contributed by atoms with E-state index in [9.17, 15) is 14.0 Å². The van der Waals surface area contributed by atoms with Gasteiger partial charge in [0.25, 0.3) is 0 Å². The number of rotatable bonds is 8. The molecule has 0 aliphatic carbocycles. The number of nitrogens with one attached hydrogen (secondary N) is 2.